The fraction of sp³-hybridized carbons (Fsp3) is 0.783. The molecule has 0 radical (unpaired) electrons. The van der Waals surface area contributed by atoms with Gasteiger partial charge in [0.15, 0.2) is 0 Å². The highest BCUT2D eigenvalue weighted by atomic mass is 16.5. The topological polar surface area (TPSA) is 475 Å². The van der Waals surface area contributed by atoms with Crippen molar-refractivity contribution < 1.29 is 54.2 Å². The first-order valence-electron chi connectivity index (χ1n) is 23.7. The van der Waals surface area contributed by atoms with E-state index in [1.54, 1.807) is 6.92 Å². The van der Waals surface area contributed by atoms with Crippen LogP contribution in [0.2, 0.25) is 0 Å². The van der Waals surface area contributed by atoms with Gasteiger partial charge >= 0.3 is 29.8 Å². The highest BCUT2D eigenvalue weighted by molar-refractivity contribution is 5.81. The third-order valence-corrected chi connectivity index (χ3v) is 9.72. The van der Waals surface area contributed by atoms with Crippen molar-refractivity contribution in [2.45, 2.75) is 211 Å². The predicted molar refractivity (Wildman–Crippen MR) is 270 cm³/mol. The van der Waals surface area contributed by atoms with Gasteiger partial charge < -0.3 is 92.4 Å². The molecule has 0 spiro atoms. The standard InChI is InChI=1S/C10H20N2O3.2C10H20N2O2.C9H18N2O2.C7H17N3O2/c1-2-3-8(11)4-6-15-7-5-9(12)10(13)14;1-8(11)6-4-2-3-5-7-9(12)10(13)14;1-2-5-8(11)6-3-4-7-9(12)10(13)14;1-6(2)5-7(10)3-4-8(11)9(12)13;8-4-3-5(9)1-2-6(10)7(11)12/h9,11H,2-7,12H2,1H3,(H,13,14);2*9,11H,2-7,12H2,1H3,(H,13,14);7-8H,1,3-5,10-11H2,2H3,(H,12,13);5-6H,1-4,8-10H2,(H,11,12). The molecule has 0 aromatic heterocycles. The van der Waals surface area contributed by atoms with E-state index in [-0.39, 0.29) is 12.1 Å². The molecular formula is C46H95N11O11. The van der Waals surface area contributed by atoms with Gasteiger partial charge in [-0.2, -0.15) is 0 Å². The number of hydrogen-bond acceptors (Lipinski definition) is 17. The summed E-state index contributed by atoms with van der Waals surface area (Å²) in [5.41, 5.74) is 46.3. The molecule has 0 saturated carbocycles. The van der Waals surface area contributed by atoms with E-state index in [0.29, 0.717) is 89.0 Å². The molecule has 400 valence electrons. The predicted octanol–water partition coefficient (Wildman–Crippen LogP) is 3.90. The van der Waals surface area contributed by atoms with E-state index in [1.807, 2.05) is 13.8 Å². The first-order valence-corrected chi connectivity index (χ1v) is 23.7. The molecule has 22 heteroatoms. The molecule has 0 bridgehead atoms. The Morgan fingerprint density at radius 1 is 0.471 bits per heavy atom. The monoisotopic (exact) mass is 978 g/mol. The average molecular weight is 978 g/mol. The molecule has 0 aliphatic heterocycles. The summed E-state index contributed by atoms with van der Waals surface area (Å²) in [6.45, 7) is 12.9. The van der Waals surface area contributed by atoms with Crippen LogP contribution in [0, 0.1) is 16.2 Å². The van der Waals surface area contributed by atoms with Crippen LogP contribution in [0.5, 0.6) is 0 Å². The molecular weight excluding hydrogens is 883 g/mol. The van der Waals surface area contributed by atoms with E-state index >= 15 is 0 Å². The fourth-order valence-corrected chi connectivity index (χ4v) is 5.48. The van der Waals surface area contributed by atoms with Crippen molar-refractivity contribution in [1.29, 1.82) is 16.2 Å². The lowest BCUT2D eigenvalue weighted by molar-refractivity contribution is -0.139. The minimum atomic E-state index is -1.00. The molecule has 0 rings (SSSR count). The summed E-state index contributed by atoms with van der Waals surface area (Å²) in [6, 6.07) is -3.94. The lowest BCUT2D eigenvalue weighted by Gasteiger charge is -2.12. The molecule has 0 aromatic rings. The summed E-state index contributed by atoms with van der Waals surface area (Å²) in [5, 5.41) is 64.6. The van der Waals surface area contributed by atoms with Crippen molar-refractivity contribution in [3.8, 4) is 0 Å². The smallest absolute Gasteiger partial charge is 0.320 e. The van der Waals surface area contributed by atoms with Gasteiger partial charge in [-0.3, -0.25) is 24.0 Å². The Morgan fingerprint density at radius 3 is 1.24 bits per heavy atom. The number of rotatable bonds is 37. The lowest BCUT2D eigenvalue weighted by Crippen LogP contribution is -2.33. The first kappa shape index (κ1) is 72.7. The van der Waals surface area contributed by atoms with Crippen LogP contribution in [0.1, 0.15) is 169 Å². The van der Waals surface area contributed by atoms with Crippen LogP contribution in [-0.4, -0.2) is 135 Å². The summed E-state index contributed by atoms with van der Waals surface area (Å²) in [5.74, 6) is -4.80. The molecule has 22 nitrogen and oxygen atoms in total. The molecule has 0 fully saturated rings. The summed E-state index contributed by atoms with van der Waals surface area (Å²) in [7, 11) is 0. The molecule has 0 aliphatic carbocycles. The van der Waals surface area contributed by atoms with Crippen LogP contribution in [0.25, 0.3) is 0 Å². The van der Waals surface area contributed by atoms with Crippen molar-refractivity contribution in [2.24, 2.45) is 45.9 Å². The van der Waals surface area contributed by atoms with Crippen LogP contribution >= 0.6 is 0 Å². The van der Waals surface area contributed by atoms with Crippen LogP contribution < -0.4 is 45.9 Å². The number of ether oxygens (including phenoxy) is 1. The molecule has 0 amide bonds. The third-order valence-electron chi connectivity index (χ3n) is 9.72. The molecule has 68 heavy (non-hydrogen) atoms. The number of nitrogens with two attached hydrogens (primary N) is 8. The minimum Gasteiger partial charge on any atom is -0.480 e. The maximum absolute atomic E-state index is 10.4. The quantitative estimate of drug-likeness (QED) is 0.0238. The van der Waals surface area contributed by atoms with Crippen LogP contribution in [-0.2, 0) is 28.7 Å². The Hall–Kier alpha value is -4.26. The van der Waals surface area contributed by atoms with Gasteiger partial charge in [0.05, 0.1) is 6.61 Å². The zero-order chi connectivity index (χ0) is 53.6. The number of aliphatic carboxylic acids is 5. The summed E-state index contributed by atoms with van der Waals surface area (Å²) in [4.78, 5) is 51.7. The van der Waals surface area contributed by atoms with E-state index in [2.05, 4.69) is 13.5 Å². The zero-order valence-corrected chi connectivity index (χ0v) is 41.7. The van der Waals surface area contributed by atoms with E-state index in [1.165, 1.54) is 0 Å². The number of carboxylic acids is 5. The summed E-state index contributed by atoms with van der Waals surface area (Å²) >= 11 is 0. The largest absolute Gasteiger partial charge is 0.480 e. The van der Waals surface area contributed by atoms with Crippen LogP contribution in [0.4, 0.5) is 0 Å². The SMILES string of the molecule is C=C(C)CC(N)CCC(N)C(=O)O.CC(=N)CCCCCCC(N)C(=O)O.CCCC(=N)CCCCC(N)C(=O)O.CCCC(=N)CCOCCC(N)C(=O)O.NCCC(N)CCC(N)C(=O)O. The van der Waals surface area contributed by atoms with Gasteiger partial charge in [-0.25, -0.2) is 0 Å². The molecule has 7 unspecified atom stereocenters. The van der Waals surface area contributed by atoms with Crippen molar-refractivity contribution in [3.05, 3.63) is 12.2 Å². The summed E-state index contributed by atoms with van der Waals surface area (Å²) < 4.78 is 5.19. The highest BCUT2D eigenvalue weighted by Gasteiger charge is 2.15. The Morgan fingerprint density at radius 2 is 0.838 bits per heavy atom. The Labute approximate surface area is 405 Å². The van der Waals surface area contributed by atoms with Crippen molar-refractivity contribution in [1.82, 2.24) is 0 Å². The van der Waals surface area contributed by atoms with Gasteiger partial charge in [0.2, 0.25) is 0 Å². The van der Waals surface area contributed by atoms with Crippen molar-refractivity contribution in [3.63, 3.8) is 0 Å². The molecule has 7 atom stereocenters. The molecule has 0 heterocycles. The Balaban J connectivity index is -0.000000244. The fourth-order valence-electron chi connectivity index (χ4n) is 5.48. The maximum Gasteiger partial charge on any atom is 0.320 e. The van der Waals surface area contributed by atoms with Crippen molar-refractivity contribution in [2.75, 3.05) is 19.8 Å². The van der Waals surface area contributed by atoms with Crippen LogP contribution in [0.3, 0.4) is 0 Å². The van der Waals surface area contributed by atoms with E-state index in [9.17, 15) is 24.0 Å². The minimum absolute atomic E-state index is 0.0251. The second kappa shape index (κ2) is 49.2. The number of hydrogen-bond donors (Lipinski definition) is 16. The molecule has 0 aliphatic rings. The normalized spacial score (nSPS) is 13.5. The van der Waals surface area contributed by atoms with Gasteiger partial charge in [-0.1, -0.05) is 57.9 Å². The summed E-state index contributed by atoms with van der Waals surface area (Å²) in [6.07, 6.45) is 16.4. The van der Waals surface area contributed by atoms with Gasteiger partial charge in [0, 0.05) is 42.2 Å². The number of nitrogens with one attached hydrogen (secondary N) is 3. The van der Waals surface area contributed by atoms with E-state index in [4.69, 9.17) is 92.4 Å². The van der Waals surface area contributed by atoms with Gasteiger partial charge in [0.25, 0.3) is 0 Å². The average Bonchev–Trinajstić information content (AvgIpc) is 3.24. The number of carbonyl (C=O) groups is 5. The highest BCUT2D eigenvalue weighted by Crippen LogP contribution is 2.09. The van der Waals surface area contributed by atoms with Gasteiger partial charge in [0.1, 0.15) is 30.2 Å². The second-order valence-corrected chi connectivity index (χ2v) is 17.0. The first-order chi connectivity index (χ1) is 31.7. The van der Waals surface area contributed by atoms with Crippen LogP contribution in [0.15, 0.2) is 12.2 Å². The molecule has 0 saturated heterocycles. The lowest BCUT2D eigenvalue weighted by atomic mass is 10.0. The van der Waals surface area contributed by atoms with E-state index < -0.39 is 60.1 Å². The second-order valence-electron chi connectivity index (χ2n) is 17.0. The van der Waals surface area contributed by atoms with E-state index in [0.717, 1.165) is 94.8 Å². The Bertz CT molecular complexity index is 1390. The molecule has 0 aromatic carbocycles. The van der Waals surface area contributed by atoms with Crippen molar-refractivity contribution >= 4 is 47.0 Å². The third kappa shape index (κ3) is 57.9. The number of unbranched alkanes of at least 4 members (excludes halogenated alkanes) is 4. The Kier molecular flexibility index (Phi) is 52.6. The van der Waals surface area contributed by atoms with Gasteiger partial charge in [-0.15, -0.1) is 6.58 Å². The zero-order valence-electron chi connectivity index (χ0n) is 41.7. The molecule has 24 N–H and O–H groups in total. The maximum atomic E-state index is 10.4. The number of carboxylic acid groups (broad SMARTS) is 5. The van der Waals surface area contributed by atoms with Gasteiger partial charge in [-0.05, 0) is 117 Å².